The quantitative estimate of drug-likeness (QED) is 0.785. The van der Waals surface area contributed by atoms with E-state index in [0.717, 1.165) is 23.6 Å². The maximum atomic E-state index is 5.46. The van der Waals surface area contributed by atoms with Crippen LogP contribution in [0, 0.1) is 0 Å². The van der Waals surface area contributed by atoms with Crippen LogP contribution in [0.15, 0.2) is 58.3 Å². The lowest BCUT2D eigenvalue weighted by molar-refractivity contribution is 0.405. The van der Waals surface area contributed by atoms with Crippen molar-refractivity contribution >= 4 is 11.8 Å². The van der Waals surface area contributed by atoms with Gasteiger partial charge in [0, 0.05) is 10.9 Å². The second-order valence-electron chi connectivity index (χ2n) is 4.81. The SMILES string of the molecule is CCNC(CC)c1ccccc1Sc1ccccc1OC. The van der Waals surface area contributed by atoms with E-state index in [1.807, 2.05) is 12.1 Å². The van der Waals surface area contributed by atoms with Crippen molar-refractivity contribution in [2.45, 2.75) is 36.1 Å². The fourth-order valence-corrected chi connectivity index (χ4v) is 3.51. The Morgan fingerprint density at radius 1 is 1.00 bits per heavy atom. The van der Waals surface area contributed by atoms with Crippen molar-refractivity contribution in [3.63, 3.8) is 0 Å². The Balaban J connectivity index is 2.32. The van der Waals surface area contributed by atoms with Gasteiger partial charge in [-0.15, -0.1) is 0 Å². The molecule has 0 bridgehead atoms. The van der Waals surface area contributed by atoms with Crippen LogP contribution in [0.25, 0.3) is 0 Å². The molecule has 0 radical (unpaired) electrons. The van der Waals surface area contributed by atoms with E-state index in [0.29, 0.717) is 6.04 Å². The van der Waals surface area contributed by atoms with Crippen LogP contribution >= 0.6 is 11.8 Å². The molecule has 2 aromatic carbocycles. The Morgan fingerprint density at radius 3 is 2.33 bits per heavy atom. The summed E-state index contributed by atoms with van der Waals surface area (Å²) in [5.74, 6) is 0.925. The van der Waals surface area contributed by atoms with Crippen LogP contribution in [-0.2, 0) is 0 Å². The van der Waals surface area contributed by atoms with Gasteiger partial charge in [-0.05, 0) is 36.7 Å². The Hall–Kier alpha value is -1.45. The smallest absolute Gasteiger partial charge is 0.132 e. The number of hydrogen-bond acceptors (Lipinski definition) is 3. The summed E-state index contributed by atoms with van der Waals surface area (Å²) in [4.78, 5) is 2.44. The van der Waals surface area contributed by atoms with Gasteiger partial charge in [0.25, 0.3) is 0 Å². The number of benzene rings is 2. The van der Waals surface area contributed by atoms with Crippen molar-refractivity contribution in [1.29, 1.82) is 0 Å². The molecule has 2 rings (SSSR count). The topological polar surface area (TPSA) is 21.3 Å². The van der Waals surface area contributed by atoms with Gasteiger partial charge >= 0.3 is 0 Å². The predicted octanol–water partition coefficient (Wildman–Crippen LogP) is 4.91. The Morgan fingerprint density at radius 2 is 1.67 bits per heavy atom. The molecule has 0 spiro atoms. The van der Waals surface area contributed by atoms with E-state index >= 15 is 0 Å². The van der Waals surface area contributed by atoms with Gasteiger partial charge in [0.2, 0.25) is 0 Å². The minimum Gasteiger partial charge on any atom is -0.496 e. The summed E-state index contributed by atoms with van der Waals surface area (Å²) in [6.45, 7) is 5.35. The molecule has 0 heterocycles. The van der Waals surface area contributed by atoms with E-state index in [9.17, 15) is 0 Å². The molecular weight excluding hydrogens is 278 g/mol. The second kappa shape index (κ2) is 8.11. The first-order valence-corrected chi connectivity index (χ1v) is 8.25. The molecular formula is C18H23NOS. The van der Waals surface area contributed by atoms with Crippen LogP contribution in [0.4, 0.5) is 0 Å². The molecule has 1 N–H and O–H groups in total. The van der Waals surface area contributed by atoms with Gasteiger partial charge in [0.1, 0.15) is 5.75 Å². The molecule has 1 unspecified atom stereocenters. The van der Waals surface area contributed by atoms with E-state index in [1.165, 1.54) is 10.5 Å². The van der Waals surface area contributed by atoms with E-state index in [-0.39, 0.29) is 0 Å². The molecule has 0 fully saturated rings. The van der Waals surface area contributed by atoms with Crippen LogP contribution in [0.5, 0.6) is 5.75 Å². The zero-order valence-corrected chi connectivity index (χ0v) is 13.7. The lowest BCUT2D eigenvalue weighted by atomic mass is 10.0. The van der Waals surface area contributed by atoms with Crippen LogP contribution in [0.2, 0.25) is 0 Å². The first kappa shape index (κ1) is 15.9. The van der Waals surface area contributed by atoms with Gasteiger partial charge in [-0.2, -0.15) is 0 Å². The zero-order valence-electron chi connectivity index (χ0n) is 12.9. The van der Waals surface area contributed by atoms with Crippen molar-refractivity contribution < 1.29 is 4.74 Å². The first-order chi connectivity index (χ1) is 10.3. The Kier molecular flexibility index (Phi) is 6.15. The summed E-state index contributed by atoms with van der Waals surface area (Å²) < 4.78 is 5.46. The average Bonchev–Trinajstić information content (AvgIpc) is 2.54. The molecule has 0 aromatic heterocycles. The largest absolute Gasteiger partial charge is 0.496 e. The molecule has 0 saturated heterocycles. The Bertz CT molecular complexity index is 571. The van der Waals surface area contributed by atoms with Crippen molar-refractivity contribution in [2.24, 2.45) is 0 Å². The maximum absolute atomic E-state index is 5.46. The molecule has 0 aliphatic rings. The predicted molar refractivity (Wildman–Crippen MR) is 90.3 cm³/mol. The fourth-order valence-electron chi connectivity index (χ4n) is 2.40. The summed E-state index contributed by atoms with van der Waals surface area (Å²) in [6, 6.07) is 17.2. The maximum Gasteiger partial charge on any atom is 0.132 e. The molecule has 2 nitrogen and oxygen atoms in total. The molecule has 21 heavy (non-hydrogen) atoms. The number of methoxy groups -OCH3 is 1. The molecule has 0 aliphatic carbocycles. The highest BCUT2D eigenvalue weighted by atomic mass is 32.2. The molecule has 0 amide bonds. The third kappa shape index (κ3) is 4.02. The van der Waals surface area contributed by atoms with Gasteiger partial charge < -0.3 is 10.1 Å². The lowest BCUT2D eigenvalue weighted by Crippen LogP contribution is -2.20. The molecule has 1 atom stereocenters. The standard InChI is InChI=1S/C18H23NOS/c1-4-15(19-5-2)14-10-6-8-12-17(14)21-18-13-9-7-11-16(18)20-3/h6-13,15,19H,4-5H2,1-3H3. The molecule has 2 aromatic rings. The van der Waals surface area contributed by atoms with Crippen LogP contribution in [0.3, 0.4) is 0 Å². The number of para-hydroxylation sites is 1. The molecule has 3 heteroatoms. The number of nitrogens with one attached hydrogen (secondary N) is 1. The van der Waals surface area contributed by atoms with Gasteiger partial charge in [0.05, 0.1) is 12.0 Å². The average molecular weight is 301 g/mol. The third-order valence-electron chi connectivity index (χ3n) is 3.44. The number of rotatable bonds is 7. The lowest BCUT2D eigenvalue weighted by Gasteiger charge is -2.20. The normalized spacial score (nSPS) is 12.1. The minimum absolute atomic E-state index is 0.397. The van der Waals surface area contributed by atoms with Crippen molar-refractivity contribution in [1.82, 2.24) is 5.32 Å². The van der Waals surface area contributed by atoms with Gasteiger partial charge in [-0.25, -0.2) is 0 Å². The second-order valence-corrected chi connectivity index (χ2v) is 5.89. The molecule has 0 aliphatic heterocycles. The summed E-state index contributed by atoms with van der Waals surface area (Å²) >= 11 is 1.77. The fraction of sp³-hybridized carbons (Fsp3) is 0.333. The Labute approximate surface area is 131 Å². The van der Waals surface area contributed by atoms with Gasteiger partial charge in [0.15, 0.2) is 0 Å². The highest BCUT2D eigenvalue weighted by Gasteiger charge is 2.14. The van der Waals surface area contributed by atoms with E-state index in [1.54, 1.807) is 18.9 Å². The molecule has 0 saturated carbocycles. The highest BCUT2D eigenvalue weighted by Crippen LogP contribution is 2.38. The zero-order chi connectivity index (χ0) is 15.1. The first-order valence-electron chi connectivity index (χ1n) is 7.43. The summed E-state index contributed by atoms with van der Waals surface area (Å²) in [7, 11) is 1.72. The van der Waals surface area contributed by atoms with Crippen LogP contribution in [0.1, 0.15) is 31.9 Å². The number of ether oxygens (including phenoxy) is 1. The van der Waals surface area contributed by atoms with Crippen molar-refractivity contribution in [2.75, 3.05) is 13.7 Å². The molecule has 112 valence electrons. The highest BCUT2D eigenvalue weighted by molar-refractivity contribution is 7.99. The van der Waals surface area contributed by atoms with E-state index in [4.69, 9.17) is 4.74 Å². The van der Waals surface area contributed by atoms with Crippen LogP contribution in [-0.4, -0.2) is 13.7 Å². The summed E-state index contributed by atoms with van der Waals surface area (Å²) in [5, 5.41) is 3.56. The minimum atomic E-state index is 0.397. The van der Waals surface area contributed by atoms with E-state index in [2.05, 4.69) is 55.6 Å². The number of hydrogen-bond donors (Lipinski definition) is 1. The monoisotopic (exact) mass is 301 g/mol. The third-order valence-corrected chi connectivity index (χ3v) is 4.59. The van der Waals surface area contributed by atoms with Crippen LogP contribution < -0.4 is 10.1 Å². The van der Waals surface area contributed by atoms with Gasteiger partial charge in [-0.1, -0.05) is 55.9 Å². The van der Waals surface area contributed by atoms with Gasteiger partial charge in [-0.3, -0.25) is 0 Å². The summed E-state index contributed by atoms with van der Waals surface area (Å²) in [6.07, 6.45) is 1.08. The van der Waals surface area contributed by atoms with Crippen molar-refractivity contribution in [3.05, 3.63) is 54.1 Å². The summed E-state index contributed by atoms with van der Waals surface area (Å²) in [5.41, 5.74) is 1.36. The van der Waals surface area contributed by atoms with Crippen molar-refractivity contribution in [3.8, 4) is 5.75 Å². The van der Waals surface area contributed by atoms with E-state index < -0.39 is 0 Å².